The van der Waals surface area contributed by atoms with Crippen molar-refractivity contribution in [2.75, 3.05) is 28.7 Å². The minimum atomic E-state index is -1.19. The molecule has 0 saturated carbocycles. The van der Waals surface area contributed by atoms with Gasteiger partial charge in [-0.15, -0.1) is 11.8 Å². The van der Waals surface area contributed by atoms with Crippen molar-refractivity contribution < 1.29 is 9.00 Å². The van der Waals surface area contributed by atoms with E-state index in [2.05, 4.69) is 12.2 Å². The van der Waals surface area contributed by atoms with E-state index in [1.165, 1.54) is 24.2 Å². The van der Waals surface area contributed by atoms with E-state index in [0.29, 0.717) is 11.3 Å². The first-order valence-corrected chi connectivity index (χ1v) is 12.2. The number of thioether (sulfide) groups is 1. The van der Waals surface area contributed by atoms with Crippen LogP contribution < -0.4 is 9.62 Å². The molecule has 4 nitrogen and oxygen atoms in total. The highest BCUT2D eigenvalue weighted by molar-refractivity contribution is 7.99. The summed E-state index contributed by atoms with van der Waals surface area (Å²) in [5, 5.41) is 2.92. The van der Waals surface area contributed by atoms with Gasteiger partial charge in [-0.3, -0.25) is 9.10 Å². The van der Waals surface area contributed by atoms with E-state index in [1.807, 2.05) is 55.9 Å². The molecule has 154 valence electrons. The Morgan fingerprint density at radius 3 is 2.32 bits per heavy atom. The molecule has 0 aromatic heterocycles. The molecule has 2 aromatic rings. The fraction of sp³-hybridized carbons (Fsp3) is 0.409. The number of anilines is 2. The van der Waals surface area contributed by atoms with Crippen molar-refractivity contribution in [1.82, 2.24) is 0 Å². The van der Waals surface area contributed by atoms with E-state index in [0.717, 1.165) is 11.4 Å². The average Bonchev–Trinajstić information content (AvgIpc) is 2.73. The highest BCUT2D eigenvalue weighted by Crippen LogP contribution is 2.24. The Kier molecular flexibility index (Phi) is 11.6. The molecule has 6 heteroatoms. The highest BCUT2D eigenvalue weighted by atomic mass is 32.2. The third kappa shape index (κ3) is 7.68. The second-order valence-corrected chi connectivity index (χ2v) is 8.54. The lowest BCUT2D eigenvalue weighted by Gasteiger charge is -2.19. The molecule has 0 aliphatic carbocycles. The molecule has 0 saturated heterocycles. The largest absolute Gasteiger partial charge is 0.322 e. The van der Waals surface area contributed by atoms with E-state index >= 15 is 0 Å². The van der Waals surface area contributed by atoms with Crippen LogP contribution in [0.15, 0.2) is 53.4 Å². The lowest BCUT2D eigenvalue weighted by Crippen LogP contribution is -2.23. The Bertz CT molecular complexity index is 748. The van der Waals surface area contributed by atoms with Gasteiger partial charge in [0.05, 0.1) is 11.3 Å². The lowest BCUT2D eigenvalue weighted by molar-refractivity contribution is 0.102. The second-order valence-electron chi connectivity index (χ2n) is 5.97. The van der Waals surface area contributed by atoms with Crippen molar-refractivity contribution in [2.24, 2.45) is 0 Å². The van der Waals surface area contributed by atoms with Crippen LogP contribution in [0.25, 0.3) is 0 Å². The molecule has 0 spiro atoms. The van der Waals surface area contributed by atoms with Crippen LogP contribution in [-0.2, 0) is 11.0 Å². The van der Waals surface area contributed by atoms with Crippen LogP contribution in [0.2, 0.25) is 0 Å². The molecular formula is C22H32N2O2S2. The summed E-state index contributed by atoms with van der Waals surface area (Å²) in [5.41, 5.74) is 1.90. The van der Waals surface area contributed by atoms with Gasteiger partial charge >= 0.3 is 0 Å². The smallest absolute Gasteiger partial charge is 0.257 e. The zero-order valence-corrected chi connectivity index (χ0v) is 19.2. The number of amides is 1. The van der Waals surface area contributed by atoms with Gasteiger partial charge in [-0.25, -0.2) is 4.21 Å². The summed E-state index contributed by atoms with van der Waals surface area (Å²) in [4.78, 5) is 13.9. The molecule has 1 amide bonds. The minimum Gasteiger partial charge on any atom is -0.322 e. The molecule has 28 heavy (non-hydrogen) atoms. The van der Waals surface area contributed by atoms with Crippen LogP contribution in [0.1, 0.15) is 50.4 Å². The summed E-state index contributed by atoms with van der Waals surface area (Å²) in [6, 6.07) is 15.1. The third-order valence-corrected chi connectivity index (χ3v) is 6.07. The van der Waals surface area contributed by atoms with Crippen molar-refractivity contribution in [3.05, 3.63) is 54.1 Å². The molecule has 0 radical (unpaired) electrons. The maximum absolute atomic E-state index is 12.6. The predicted molar refractivity (Wildman–Crippen MR) is 125 cm³/mol. The Labute approximate surface area is 176 Å². The molecule has 0 heterocycles. The number of unbranched alkanes of at least 4 members (excludes halogenated alkanes) is 2. The van der Waals surface area contributed by atoms with Gasteiger partial charge in [0.15, 0.2) is 0 Å². The fourth-order valence-electron chi connectivity index (χ4n) is 2.45. The first-order valence-electron chi connectivity index (χ1n) is 9.73. The number of benzene rings is 2. The highest BCUT2D eigenvalue weighted by Gasteiger charge is 2.15. The van der Waals surface area contributed by atoms with E-state index in [-0.39, 0.29) is 5.91 Å². The first-order chi connectivity index (χ1) is 13.5. The maximum Gasteiger partial charge on any atom is 0.257 e. The number of para-hydroxylation sites is 1. The van der Waals surface area contributed by atoms with Gasteiger partial charge < -0.3 is 5.32 Å². The van der Waals surface area contributed by atoms with Gasteiger partial charge in [0, 0.05) is 23.9 Å². The van der Waals surface area contributed by atoms with Crippen molar-refractivity contribution in [2.45, 2.75) is 44.9 Å². The minimum absolute atomic E-state index is 0.207. The standard InChI is InChI=1S/C20H26N2O2S2.C2H6/c1-4-5-8-15-25-17-13-11-16(12-14-17)21-20(23)18-9-6-7-10-19(18)22(2)26(3)24;1-2/h6-7,9-14H,4-5,8,15H2,1-3H3,(H,21,23);1-2H3. The van der Waals surface area contributed by atoms with Crippen LogP contribution in [-0.4, -0.2) is 29.2 Å². The molecular weight excluding hydrogens is 388 g/mol. The molecule has 1 atom stereocenters. The second kappa shape index (κ2) is 13.4. The number of nitrogens with zero attached hydrogens (tertiary/aromatic N) is 1. The molecule has 2 rings (SSSR count). The van der Waals surface area contributed by atoms with Crippen LogP contribution in [0.5, 0.6) is 0 Å². The number of rotatable bonds is 9. The first kappa shape index (κ1) is 24.2. The molecule has 1 N–H and O–H groups in total. The maximum atomic E-state index is 12.6. The number of hydrogen-bond donors (Lipinski definition) is 1. The van der Waals surface area contributed by atoms with Gasteiger partial charge in [0.2, 0.25) is 0 Å². The molecule has 0 bridgehead atoms. The average molecular weight is 421 g/mol. The zero-order chi connectivity index (χ0) is 20.9. The normalized spacial score (nSPS) is 11.2. The van der Waals surface area contributed by atoms with Crippen molar-refractivity contribution in [3.8, 4) is 0 Å². The van der Waals surface area contributed by atoms with Gasteiger partial charge in [0.1, 0.15) is 11.0 Å². The van der Waals surface area contributed by atoms with Crippen LogP contribution in [0, 0.1) is 0 Å². The van der Waals surface area contributed by atoms with Gasteiger partial charge in [-0.2, -0.15) is 0 Å². The molecule has 0 aliphatic rings. The van der Waals surface area contributed by atoms with Crippen molar-refractivity contribution in [1.29, 1.82) is 0 Å². The summed E-state index contributed by atoms with van der Waals surface area (Å²) in [6.45, 7) is 6.20. The van der Waals surface area contributed by atoms with Crippen LogP contribution >= 0.6 is 11.8 Å². The Balaban J connectivity index is 0.00000190. The van der Waals surface area contributed by atoms with Crippen molar-refractivity contribution in [3.63, 3.8) is 0 Å². The van der Waals surface area contributed by atoms with Gasteiger partial charge in [0.25, 0.3) is 5.91 Å². The summed E-state index contributed by atoms with van der Waals surface area (Å²) in [6.07, 6.45) is 5.31. The van der Waals surface area contributed by atoms with Gasteiger partial charge in [-0.1, -0.05) is 45.7 Å². The Morgan fingerprint density at radius 1 is 1.07 bits per heavy atom. The SMILES string of the molecule is CC.CCCCCSc1ccc(NC(=O)c2ccccc2N(C)S(C)=O)cc1. The monoisotopic (exact) mass is 420 g/mol. The number of hydrogen-bond acceptors (Lipinski definition) is 3. The lowest BCUT2D eigenvalue weighted by atomic mass is 10.1. The van der Waals surface area contributed by atoms with Crippen molar-refractivity contribution >= 4 is 40.0 Å². The quantitative estimate of drug-likeness (QED) is 0.401. The molecule has 0 aliphatic heterocycles. The van der Waals surface area contributed by atoms with E-state index in [1.54, 1.807) is 35.8 Å². The fourth-order valence-corrected chi connectivity index (χ4v) is 3.80. The summed E-state index contributed by atoms with van der Waals surface area (Å²) in [5.74, 6) is 0.911. The third-order valence-electron chi connectivity index (χ3n) is 4.00. The zero-order valence-electron chi connectivity index (χ0n) is 17.5. The van der Waals surface area contributed by atoms with Crippen LogP contribution in [0.3, 0.4) is 0 Å². The number of carbonyl (C=O) groups excluding carboxylic acids is 1. The van der Waals surface area contributed by atoms with Crippen LogP contribution in [0.4, 0.5) is 11.4 Å². The molecule has 1 unspecified atom stereocenters. The van der Waals surface area contributed by atoms with Gasteiger partial charge in [-0.05, 0) is 48.6 Å². The summed E-state index contributed by atoms with van der Waals surface area (Å²) in [7, 11) is 0.523. The number of carbonyl (C=O) groups is 1. The predicted octanol–water partition coefficient (Wildman–Crippen LogP) is 5.98. The molecule has 0 fully saturated rings. The summed E-state index contributed by atoms with van der Waals surface area (Å²) < 4.78 is 13.3. The van der Waals surface area contributed by atoms with E-state index < -0.39 is 11.0 Å². The summed E-state index contributed by atoms with van der Waals surface area (Å²) >= 11 is 1.84. The van der Waals surface area contributed by atoms with E-state index in [4.69, 9.17) is 0 Å². The molecule has 2 aromatic carbocycles. The Morgan fingerprint density at radius 2 is 1.71 bits per heavy atom. The number of nitrogens with one attached hydrogen (secondary N) is 1. The topological polar surface area (TPSA) is 49.4 Å². The van der Waals surface area contributed by atoms with E-state index in [9.17, 15) is 9.00 Å². The Hall–Kier alpha value is -1.79.